The normalized spacial score (nSPS) is 23.5. The Labute approximate surface area is 352 Å². The Morgan fingerprint density at radius 1 is 0.983 bits per heavy atom. The maximum absolute atomic E-state index is 14.7. The molecule has 0 aromatic heterocycles. The van der Waals surface area contributed by atoms with Gasteiger partial charge >= 0.3 is 6.09 Å². The van der Waals surface area contributed by atoms with Gasteiger partial charge < -0.3 is 34.0 Å². The standard InChI is InChI=1S/C49H57FN2O8/c1-4-27-58-49-45(52(48(55)56-3)31-35-19-14-18-33-15-6-8-20-38(33)35)30-43(51-59-5-2)40-28-34(16-10-12-25-53)39(21-11-13-26-54)46(47(40)49)41-29-37(23-24-44(41)60-49)57-32-36-17-7-9-22-42(36)50/h4,6-9,14-15,17-20,22-24,28-29,34,39,45-47,53-54H,1,5,10-13,16,21,25-27,30-32H2,2-3H3/t34-,39+,45-,46+,47+,49+/m0/s1. The first kappa shape index (κ1) is 42.9. The number of carbonyl (C=O) groups excluding carboxylic acids is 1. The zero-order chi connectivity index (χ0) is 42.1. The van der Waals surface area contributed by atoms with E-state index in [0.29, 0.717) is 42.2 Å². The number of oxime groups is 1. The summed E-state index contributed by atoms with van der Waals surface area (Å²) >= 11 is 0. The molecule has 1 aliphatic heterocycles. The summed E-state index contributed by atoms with van der Waals surface area (Å²) in [6.45, 7) is 6.79. The van der Waals surface area contributed by atoms with Gasteiger partial charge in [0.1, 0.15) is 36.6 Å². The van der Waals surface area contributed by atoms with Gasteiger partial charge in [-0.15, -0.1) is 6.58 Å². The van der Waals surface area contributed by atoms with Gasteiger partial charge in [0.15, 0.2) is 0 Å². The maximum atomic E-state index is 14.7. The molecule has 60 heavy (non-hydrogen) atoms. The van der Waals surface area contributed by atoms with Crippen molar-refractivity contribution in [1.29, 1.82) is 0 Å². The van der Waals surface area contributed by atoms with E-state index >= 15 is 0 Å². The minimum Gasteiger partial charge on any atom is -0.489 e. The van der Waals surface area contributed by atoms with Crippen molar-refractivity contribution < 1.29 is 43.2 Å². The molecule has 7 rings (SSSR count). The molecule has 4 aromatic carbocycles. The van der Waals surface area contributed by atoms with Crippen LogP contribution in [0.4, 0.5) is 9.18 Å². The van der Waals surface area contributed by atoms with Gasteiger partial charge in [-0.2, -0.15) is 0 Å². The van der Waals surface area contributed by atoms with Crippen molar-refractivity contribution in [3.05, 3.63) is 132 Å². The van der Waals surface area contributed by atoms with E-state index in [4.69, 9.17) is 28.9 Å². The lowest BCUT2D eigenvalue weighted by atomic mass is 9.55. The number of ether oxygens (including phenoxy) is 4. The Morgan fingerprint density at radius 3 is 2.50 bits per heavy atom. The average Bonchev–Trinajstić information content (AvgIpc) is 3.27. The van der Waals surface area contributed by atoms with Crippen LogP contribution >= 0.6 is 0 Å². The van der Waals surface area contributed by atoms with E-state index in [1.165, 1.54) is 13.2 Å². The number of unbranched alkanes of at least 4 members (excludes halogenated alkanes) is 2. The summed E-state index contributed by atoms with van der Waals surface area (Å²) in [5, 5.41) is 26.6. The highest BCUT2D eigenvalue weighted by Gasteiger charge is 2.65. The second-order valence-electron chi connectivity index (χ2n) is 15.8. The van der Waals surface area contributed by atoms with Gasteiger partial charge in [-0.05, 0) is 90.6 Å². The molecule has 1 heterocycles. The molecule has 1 saturated carbocycles. The number of hydrogen-bond acceptors (Lipinski definition) is 9. The quantitative estimate of drug-likeness (QED) is 0.0546. The minimum atomic E-state index is -1.46. The minimum absolute atomic E-state index is 0.0249. The van der Waals surface area contributed by atoms with Crippen LogP contribution < -0.4 is 9.47 Å². The molecule has 0 bridgehead atoms. The lowest BCUT2D eigenvalue weighted by Crippen LogP contribution is -2.70. The lowest BCUT2D eigenvalue weighted by molar-refractivity contribution is -0.256. The first-order valence-corrected chi connectivity index (χ1v) is 21.2. The number of carbonyl (C=O) groups is 1. The van der Waals surface area contributed by atoms with Crippen molar-refractivity contribution in [1.82, 2.24) is 4.90 Å². The Bertz CT molecular complexity index is 2170. The molecule has 3 aliphatic rings. The molecule has 0 radical (unpaired) electrons. The van der Waals surface area contributed by atoms with Crippen molar-refractivity contribution in [3.63, 3.8) is 0 Å². The number of methoxy groups -OCH3 is 1. The van der Waals surface area contributed by atoms with Crippen molar-refractivity contribution in [2.24, 2.45) is 22.9 Å². The fourth-order valence-electron chi connectivity index (χ4n) is 9.69. The van der Waals surface area contributed by atoms with Gasteiger partial charge in [0.05, 0.1) is 31.9 Å². The molecule has 318 valence electrons. The smallest absolute Gasteiger partial charge is 0.410 e. The van der Waals surface area contributed by atoms with E-state index < -0.39 is 23.8 Å². The summed E-state index contributed by atoms with van der Waals surface area (Å²) in [6, 6.07) is 25.7. The highest BCUT2D eigenvalue weighted by atomic mass is 19.1. The van der Waals surface area contributed by atoms with Crippen LogP contribution in [0.2, 0.25) is 0 Å². The summed E-state index contributed by atoms with van der Waals surface area (Å²) in [4.78, 5) is 21.9. The molecule has 4 aromatic rings. The topological polar surface area (TPSA) is 119 Å². The third-order valence-corrected chi connectivity index (χ3v) is 12.3. The predicted octanol–water partition coefficient (Wildman–Crippen LogP) is 9.48. The second kappa shape index (κ2) is 19.9. The van der Waals surface area contributed by atoms with Gasteiger partial charge in [0.25, 0.3) is 0 Å². The molecule has 11 heteroatoms. The van der Waals surface area contributed by atoms with Crippen LogP contribution in [0, 0.1) is 23.6 Å². The number of amides is 1. The molecule has 10 nitrogen and oxygen atoms in total. The largest absolute Gasteiger partial charge is 0.489 e. The van der Waals surface area contributed by atoms with Gasteiger partial charge in [0.2, 0.25) is 5.79 Å². The Hall–Kier alpha value is -5.23. The number of hydrogen-bond donors (Lipinski definition) is 2. The van der Waals surface area contributed by atoms with E-state index in [1.54, 1.807) is 29.2 Å². The molecule has 0 spiro atoms. The molecule has 2 aliphatic carbocycles. The van der Waals surface area contributed by atoms with Crippen molar-refractivity contribution in [2.75, 3.05) is 33.5 Å². The Balaban J connectivity index is 1.44. The van der Waals surface area contributed by atoms with Crippen LogP contribution in [0.25, 0.3) is 10.8 Å². The van der Waals surface area contributed by atoms with Crippen LogP contribution in [0.1, 0.15) is 74.5 Å². The number of benzene rings is 4. The first-order chi connectivity index (χ1) is 29.4. The number of rotatable bonds is 19. The van der Waals surface area contributed by atoms with Gasteiger partial charge in [-0.25, -0.2) is 9.18 Å². The van der Waals surface area contributed by atoms with E-state index in [-0.39, 0.29) is 63.0 Å². The summed E-state index contributed by atoms with van der Waals surface area (Å²) in [7, 11) is 1.39. The Morgan fingerprint density at radius 2 is 1.73 bits per heavy atom. The van der Waals surface area contributed by atoms with Gasteiger partial charge in [-0.3, -0.25) is 4.90 Å². The number of allylic oxidation sites excluding steroid dienone is 1. The number of nitrogens with zero attached hydrogens (tertiary/aromatic N) is 2. The third-order valence-electron chi connectivity index (χ3n) is 12.3. The number of halogens is 1. The van der Waals surface area contributed by atoms with E-state index in [0.717, 1.165) is 53.2 Å². The number of fused-ring (bicyclic) bond motifs is 3. The predicted molar refractivity (Wildman–Crippen MR) is 229 cm³/mol. The molecular formula is C49H57FN2O8. The highest BCUT2D eigenvalue weighted by molar-refractivity contribution is 6.03. The summed E-state index contributed by atoms with van der Waals surface area (Å²) in [5.74, 6) is -1.31. The zero-order valence-electron chi connectivity index (χ0n) is 34.6. The molecule has 0 unspecified atom stereocenters. The lowest BCUT2D eigenvalue weighted by Gasteiger charge is -2.59. The van der Waals surface area contributed by atoms with E-state index in [2.05, 4.69) is 30.9 Å². The van der Waals surface area contributed by atoms with Crippen molar-refractivity contribution in [3.8, 4) is 11.5 Å². The van der Waals surface area contributed by atoms with E-state index in [9.17, 15) is 19.4 Å². The first-order valence-electron chi connectivity index (χ1n) is 21.2. The van der Waals surface area contributed by atoms with Crippen LogP contribution in [-0.4, -0.2) is 72.3 Å². The molecule has 0 saturated heterocycles. The third kappa shape index (κ3) is 8.80. The average molecular weight is 821 g/mol. The molecule has 6 atom stereocenters. The molecule has 1 fully saturated rings. The van der Waals surface area contributed by atoms with Crippen molar-refractivity contribution in [2.45, 2.75) is 82.8 Å². The van der Waals surface area contributed by atoms with Crippen molar-refractivity contribution >= 4 is 22.6 Å². The van der Waals surface area contributed by atoms with Gasteiger partial charge in [0, 0.05) is 36.7 Å². The second-order valence-corrected chi connectivity index (χ2v) is 15.8. The van der Waals surface area contributed by atoms with Crippen LogP contribution in [0.15, 0.2) is 114 Å². The SMILES string of the molecule is C=CCO[C@@]12Oc3ccc(OCc4ccccc4F)cc3[C@H]3[C@H](CCCCO)[C@@H](CCCCO)C=C(C(=NOCC)C[C@@H]1N(Cc1cccc4ccccc14)C(=O)OC)[C@H]32. The molecular weight excluding hydrogens is 764 g/mol. The fourth-order valence-corrected chi connectivity index (χ4v) is 9.69. The Kier molecular flexibility index (Phi) is 14.2. The monoisotopic (exact) mass is 820 g/mol. The van der Waals surface area contributed by atoms with Crippen LogP contribution in [0.5, 0.6) is 11.5 Å². The fraction of sp³-hybridized carbons (Fsp3) is 0.429. The summed E-state index contributed by atoms with van der Waals surface area (Å²) in [5.41, 5.74) is 3.91. The van der Waals surface area contributed by atoms with E-state index in [1.807, 2.05) is 49.4 Å². The summed E-state index contributed by atoms with van der Waals surface area (Å²) < 4.78 is 41.0. The number of aliphatic hydroxyl groups is 2. The zero-order valence-corrected chi connectivity index (χ0v) is 34.6. The number of aliphatic hydroxyl groups excluding tert-OH is 2. The highest BCUT2D eigenvalue weighted by Crippen LogP contribution is 2.62. The maximum Gasteiger partial charge on any atom is 0.410 e. The van der Waals surface area contributed by atoms with Crippen LogP contribution in [0.3, 0.4) is 0 Å². The molecule has 2 N–H and O–H groups in total. The van der Waals surface area contributed by atoms with Gasteiger partial charge in [-0.1, -0.05) is 90.8 Å². The molecule has 1 amide bonds. The van der Waals surface area contributed by atoms with Crippen LogP contribution in [-0.2, 0) is 27.5 Å². The summed E-state index contributed by atoms with van der Waals surface area (Å²) in [6.07, 6.45) is 8.20.